The first-order valence-corrected chi connectivity index (χ1v) is 8.67. The summed E-state index contributed by atoms with van der Waals surface area (Å²) in [5, 5.41) is 14.6. The highest BCUT2D eigenvalue weighted by Crippen LogP contribution is 2.14. The summed E-state index contributed by atoms with van der Waals surface area (Å²) in [5.41, 5.74) is 1.44. The molecule has 1 heterocycles. The lowest BCUT2D eigenvalue weighted by atomic mass is 10.2. The molecule has 0 saturated carbocycles. The maximum Gasteiger partial charge on any atom is 0.267 e. The number of nitrogens with zero attached hydrogens (tertiary/aromatic N) is 1. The molecule has 116 valence electrons. The topological polar surface area (TPSA) is 99.1 Å². The number of hydrogen-bond donors (Lipinski definition) is 2. The van der Waals surface area contributed by atoms with Crippen LogP contribution in [0.5, 0.6) is 0 Å². The molecule has 22 heavy (non-hydrogen) atoms. The fraction of sp³-hybridized carbons (Fsp3) is 0.333. The zero-order valence-corrected chi connectivity index (χ0v) is 13.0. The number of benzene rings is 1. The van der Waals surface area contributed by atoms with Crippen LogP contribution in [0.25, 0.3) is 0 Å². The molecule has 2 N–H and O–H groups in total. The Morgan fingerprint density at radius 1 is 1.41 bits per heavy atom. The zero-order valence-electron chi connectivity index (χ0n) is 12.2. The summed E-state index contributed by atoms with van der Waals surface area (Å²) >= 11 is 0. The Hall–Kier alpha value is -2.33. The van der Waals surface area contributed by atoms with Gasteiger partial charge in [-0.05, 0) is 25.0 Å². The number of hydrogen-bond acceptors (Lipinski definition) is 5. The average molecular weight is 319 g/mol. The van der Waals surface area contributed by atoms with Gasteiger partial charge in [0.05, 0.1) is 11.5 Å². The summed E-state index contributed by atoms with van der Waals surface area (Å²) in [4.78, 5) is 12.1. The molecule has 1 unspecified atom stereocenters. The lowest BCUT2D eigenvalue weighted by Gasteiger charge is -2.10. The normalized spacial score (nSPS) is 20.2. The number of para-hydroxylation sites is 1. The van der Waals surface area contributed by atoms with Gasteiger partial charge in [0, 0.05) is 17.9 Å². The Kier molecular flexibility index (Phi) is 4.83. The minimum absolute atomic E-state index is 0.0294. The zero-order chi connectivity index (χ0) is 16.2. The third-order valence-corrected chi connectivity index (χ3v) is 5.22. The molecule has 1 amide bonds. The Labute approximate surface area is 129 Å². The van der Waals surface area contributed by atoms with Crippen molar-refractivity contribution in [3.8, 4) is 6.07 Å². The first-order chi connectivity index (χ1) is 10.4. The standard InChI is InChI=1S/C15H17N3O3S/c1-11-4-2-3-5-14(11)18-15(19)12(8-16)9-17-13-6-7-22(20,21)10-13/h2-5,9,13,17H,6-7,10H2,1H3,(H,18,19)/b12-9-. The summed E-state index contributed by atoms with van der Waals surface area (Å²) in [5.74, 6) is -0.359. The predicted molar refractivity (Wildman–Crippen MR) is 83.7 cm³/mol. The van der Waals surface area contributed by atoms with Crippen LogP contribution in [0.4, 0.5) is 5.69 Å². The van der Waals surface area contributed by atoms with E-state index in [4.69, 9.17) is 5.26 Å². The molecular weight excluding hydrogens is 302 g/mol. The van der Waals surface area contributed by atoms with E-state index in [2.05, 4.69) is 10.6 Å². The highest BCUT2D eigenvalue weighted by Gasteiger charge is 2.27. The van der Waals surface area contributed by atoms with Gasteiger partial charge in [-0.1, -0.05) is 18.2 Å². The van der Waals surface area contributed by atoms with Crippen molar-refractivity contribution in [3.05, 3.63) is 41.6 Å². The highest BCUT2D eigenvalue weighted by atomic mass is 32.2. The number of aryl methyl sites for hydroxylation is 1. The van der Waals surface area contributed by atoms with Gasteiger partial charge in [-0.15, -0.1) is 0 Å². The van der Waals surface area contributed by atoms with Crippen LogP contribution in [0.1, 0.15) is 12.0 Å². The molecule has 0 radical (unpaired) electrons. The average Bonchev–Trinajstić information content (AvgIpc) is 2.81. The van der Waals surface area contributed by atoms with Gasteiger partial charge >= 0.3 is 0 Å². The lowest BCUT2D eigenvalue weighted by Crippen LogP contribution is -2.27. The third kappa shape index (κ3) is 4.09. The van der Waals surface area contributed by atoms with Crippen molar-refractivity contribution in [2.75, 3.05) is 16.8 Å². The molecule has 1 aliphatic heterocycles. The van der Waals surface area contributed by atoms with Gasteiger partial charge < -0.3 is 10.6 Å². The van der Waals surface area contributed by atoms with Crippen LogP contribution in [-0.4, -0.2) is 31.9 Å². The molecule has 2 rings (SSSR count). The molecule has 6 nitrogen and oxygen atoms in total. The SMILES string of the molecule is Cc1ccccc1NC(=O)/C(C#N)=C\NC1CCS(=O)(=O)C1. The molecule has 1 aliphatic rings. The third-order valence-electron chi connectivity index (χ3n) is 3.45. The lowest BCUT2D eigenvalue weighted by molar-refractivity contribution is -0.112. The van der Waals surface area contributed by atoms with Gasteiger partial charge in [0.15, 0.2) is 9.84 Å². The van der Waals surface area contributed by atoms with Crippen molar-refractivity contribution < 1.29 is 13.2 Å². The quantitative estimate of drug-likeness (QED) is 0.640. The van der Waals surface area contributed by atoms with E-state index in [1.165, 1.54) is 6.20 Å². The Bertz CT molecular complexity index is 748. The monoisotopic (exact) mass is 319 g/mol. The van der Waals surface area contributed by atoms with E-state index < -0.39 is 15.7 Å². The molecule has 7 heteroatoms. The Morgan fingerprint density at radius 2 is 2.14 bits per heavy atom. The van der Waals surface area contributed by atoms with Crippen LogP contribution in [0, 0.1) is 18.3 Å². The van der Waals surface area contributed by atoms with E-state index >= 15 is 0 Å². The summed E-state index contributed by atoms with van der Waals surface area (Å²) in [6.07, 6.45) is 1.77. The van der Waals surface area contributed by atoms with Gasteiger partial charge in [-0.25, -0.2) is 8.42 Å². The number of sulfone groups is 1. The van der Waals surface area contributed by atoms with E-state index in [9.17, 15) is 13.2 Å². The first kappa shape index (κ1) is 16.0. The molecule has 0 spiro atoms. The number of rotatable bonds is 4. The molecule has 1 atom stereocenters. The molecule has 0 aliphatic carbocycles. The van der Waals surface area contributed by atoms with Crippen LogP contribution in [0.15, 0.2) is 36.0 Å². The van der Waals surface area contributed by atoms with Gasteiger partial charge in [-0.3, -0.25) is 4.79 Å². The number of nitriles is 1. The summed E-state index contributed by atoms with van der Waals surface area (Å²) in [7, 11) is -3.00. The highest BCUT2D eigenvalue weighted by molar-refractivity contribution is 7.91. The second-order valence-corrected chi connectivity index (χ2v) is 7.43. The smallest absolute Gasteiger partial charge is 0.267 e. The number of carbonyl (C=O) groups excluding carboxylic acids is 1. The van der Waals surface area contributed by atoms with E-state index in [-0.39, 0.29) is 23.1 Å². The van der Waals surface area contributed by atoms with Crippen LogP contribution in [-0.2, 0) is 14.6 Å². The van der Waals surface area contributed by atoms with E-state index in [0.717, 1.165) is 5.56 Å². The number of nitrogens with one attached hydrogen (secondary N) is 2. The fourth-order valence-corrected chi connectivity index (χ4v) is 3.87. The van der Waals surface area contributed by atoms with Gasteiger partial charge in [-0.2, -0.15) is 5.26 Å². The van der Waals surface area contributed by atoms with Crippen molar-refractivity contribution in [2.45, 2.75) is 19.4 Å². The number of amides is 1. The maximum atomic E-state index is 12.1. The van der Waals surface area contributed by atoms with Crippen molar-refractivity contribution in [3.63, 3.8) is 0 Å². The summed E-state index contributed by atoms with van der Waals surface area (Å²) in [6, 6.07) is 8.82. The summed E-state index contributed by atoms with van der Waals surface area (Å²) in [6.45, 7) is 1.85. The number of carbonyl (C=O) groups is 1. The van der Waals surface area contributed by atoms with Crippen molar-refractivity contribution in [2.24, 2.45) is 0 Å². The first-order valence-electron chi connectivity index (χ1n) is 6.85. The van der Waals surface area contributed by atoms with Crippen molar-refractivity contribution >= 4 is 21.4 Å². The van der Waals surface area contributed by atoms with E-state index in [1.807, 2.05) is 25.1 Å². The Morgan fingerprint density at radius 3 is 2.73 bits per heavy atom. The van der Waals surface area contributed by atoms with Crippen LogP contribution < -0.4 is 10.6 Å². The largest absolute Gasteiger partial charge is 0.386 e. The summed E-state index contributed by atoms with van der Waals surface area (Å²) < 4.78 is 22.7. The second kappa shape index (κ2) is 6.62. The van der Waals surface area contributed by atoms with Crippen LogP contribution in [0.3, 0.4) is 0 Å². The minimum Gasteiger partial charge on any atom is -0.386 e. The molecule has 0 aromatic heterocycles. The van der Waals surface area contributed by atoms with Gasteiger partial charge in [0.25, 0.3) is 5.91 Å². The molecule has 1 aromatic rings. The molecule has 1 fully saturated rings. The molecule has 1 aromatic carbocycles. The van der Waals surface area contributed by atoms with Gasteiger partial charge in [0.1, 0.15) is 11.6 Å². The Balaban J connectivity index is 2.02. The van der Waals surface area contributed by atoms with Crippen molar-refractivity contribution in [1.29, 1.82) is 5.26 Å². The molecule has 1 saturated heterocycles. The van der Waals surface area contributed by atoms with Crippen LogP contribution in [0.2, 0.25) is 0 Å². The van der Waals surface area contributed by atoms with Crippen molar-refractivity contribution in [1.82, 2.24) is 5.32 Å². The fourth-order valence-electron chi connectivity index (χ4n) is 2.18. The van der Waals surface area contributed by atoms with E-state index in [0.29, 0.717) is 12.1 Å². The van der Waals surface area contributed by atoms with Gasteiger partial charge in [0.2, 0.25) is 0 Å². The number of anilines is 1. The van der Waals surface area contributed by atoms with Crippen LogP contribution >= 0.6 is 0 Å². The molecule has 0 bridgehead atoms. The second-order valence-electron chi connectivity index (χ2n) is 5.21. The predicted octanol–water partition coefficient (Wildman–Crippen LogP) is 1.12. The van der Waals surface area contributed by atoms with E-state index in [1.54, 1.807) is 12.1 Å². The molecular formula is C15H17N3O3S. The maximum absolute atomic E-state index is 12.1. The minimum atomic E-state index is -3.00.